The third kappa shape index (κ3) is 2.92. The van der Waals surface area contributed by atoms with Crippen LogP contribution >= 0.6 is 11.6 Å². The predicted octanol–water partition coefficient (Wildman–Crippen LogP) is 5.63. The Bertz CT molecular complexity index is 950. The lowest BCUT2D eigenvalue weighted by Crippen LogP contribution is -2.50. The molecule has 0 spiro atoms. The summed E-state index contributed by atoms with van der Waals surface area (Å²) in [5.41, 5.74) is -0.186. The van der Waals surface area contributed by atoms with Gasteiger partial charge in [0.25, 0.3) is 0 Å². The molecule has 2 aliphatic carbocycles. The maximum atomic E-state index is 10.1. The molecule has 4 nitrogen and oxygen atoms in total. The van der Waals surface area contributed by atoms with E-state index in [4.69, 9.17) is 17.0 Å². The van der Waals surface area contributed by atoms with Crippen LogP contribution in [-0.2, 0) is 0 Å². The molecule has 0 amide bonds. The van der Waals surface area contributed by atoms with Gasteiger partial charge in [-0.25, -0.2) is 0 Å². The van der Waals surface area contributed by atoms with E-state index in [0.717, 1.165) is 18.4 Å². The molecule has 1 saturated carbocycles. The van der Waals surface area contributed by atoms with Crippen molar-refractivity contribution in [3.05, 3.63) is 46.5 Å². The summed E-state index contributed by atoms with van der Waals surface area (Å²) < 4.78 is 0. The van der Waals surface area contributed by atoms with E-state index in [9.17, 15) is 15.8 Å². The Hall–Kier alpha value is -2.61. The van der Waals surface area contributed by atoms with Gasteiger partial charge in [-0.15, -0.1) is 0 Å². The molecule has 4 atom stereocenters. The molecule has 0 bridgehead atoms. The van der Waals surface area contributed by atoms with Crippen LogP contribution in [0, 0.1) is 68.0 Å². The molecular formula is C23H23ClN4. The Labute approximate surface area is 171 Å². The topological polar surface area (TPSA) is 95.2 Å². The van der Waals surface area contributed by atoms with Gasteiger partial charge in [0.2, 0.25) is 0 Å². The molecule has 28 heavy (non-hydrogen) atoms. The number of halogens is 1. The van der Waals surface area contributed by atoms with Crippen LogP contribution in [0.15, 0.2) is 35.9 Å². The van der Waals surface area contributed by atoms with Crippen molar-refractivity contribution in [1.82, 2.24) is 0 Å². The van der Waals surface area contributed by atoms with Crippen molar-refractivity contribution in [2.75, 3.05) is 0 Å². The molecule has 142 valence electrons. The third-order valence-electron chi connectivity index (χ3n) is 6.47. The minimum Gasteiger partial charge on any atom is -0.305 e. The second-order valence-electron chi connectivity index (χ2n) is 8.85. The van der Waals surface area contributed by atoms with Gasteiger partial charge in [-0.3, -0.25) is 0 Å². The highest BCUT2D eigenvalue weighted by atomic mass is 35.5. The molecule has 1 aromatic carbocycles. The van der Waals surface area contributed by atoms with Gasteiger partial charge >= 0.3 is 0 Å². The Morgan fingerprint density at radius 1 is 1.14 bits per heavy atom. The third-order valence-corrected chi connectivity index (χ3v) is 6.81. The molecule has 0 radical (unpaired) electrons. The normalized spacial score (nSPS) is 28.9. The van der Waals surface area contributed by atoms with Gasteiger partial charge in [0.1, 0.15) is 5.92 Å². The molecule has 1 aromatic rings. The lowest BCUT2D eigenvalue weighted by Gasteiger charge is -2.49. The average molecular weight is 391 g/mol. The molecule has 0 aliphatic heterocycles. The second kappa shape index (κ2) is 7.09. The number of hydrogen-bond donors (Lipinski definition) is 1. The van der Waals surface area contributed by atoms with Crippen molar-refractivity contribution in [3.8, 4) is 18.2 Å². The van der Waals surface area contributed by atoms with Crippen LogP contribution < -0.4 is 0 Å². The largest absolute Gasteiger partial charge is 0.305 e. The number of benzene rings is 1. The maximum absolute atomic E-state index is 10.1. The molecule has 1 fully saturated rings. The van der Waals surface area contributed by atoms with Crippen molar-refractivity contribution in [2.45, 2.75) is 39.5 Å². The monoisotopic (exact) mass is 390 g/mol. The lowest BCUT2D eigenvalue weighted by molar-refractivity contribution is 0.168. The summed E-state index contributed by atoms with van der Waals surface area (Å²) in [5.74, 6) is -1.21. The second-order valence-corrected chi connectivity index (χ2v) is 9.26. The van der Waals surface area contributed by atoms with Crippen molar-refractivity contribution in [3.63, 3.8) is 0 Å². The average Bonchev–Trinajstić information content (AvgIpc) is 2.67. The van der Waals surface area contributed by atoms with Gasteiger partial charge in [0.05, 0.1) is 23.9 Å². The summed E-state index contributed by atoms with van der Waals surface area (Å²) in [6.07, 6.45) is 3.68. The van der Waals surface area contributed by atoms with Gasteiger partial charge in [0, 0.05) is 10.9 Å². The van der Waals surface area contributed by atoms with E-state index in [1.54, 1.807) is 6.07 Å². The summed E-state index contributed by atoms with van der Waals surface area (Å²) in [6.45, 7) is 6.57. The van der Waals surface area contributed by atoms with Gasteiger partial charge in [-0.05, 0) is 47.3 Å². The first-order valence-corrected chi connectivity index (χ1v) is 9.84. The van der Waals surface area contributed by atoms with E-state index in [0.29, 0.717) is 16.5 Å². The molecule has 0 heterocycles. The molecule has 1 N–H and O–H groups in total. The zero-order valence-corrected chi connectivity index (χ0v) is 17.1. The number of rotatable bonds is 1. The maximum Gasteiger partial charge on any atom is 0.189 e. The fourth-order valence-corrected chi connectivity index (χ4v) is 5.05. The Kier molecular flexibility index (Phi) is 5.10. The Morgan fingerprint density at radius 3 is 2.32 bits per heavy atom. The van der Waals surface area contributed by atoms with Crippen LogP contribution in [0.3, 0.4) is 0 Å². The molecule has 3 rings (SSSR count). The van der Waals surface area contributed by atoms with Crippen LogP contribution in [0.5, 0.6) is 0 Å². The fourth-order valence-electron chi connectivity index (χ4n) is 4.80. The molecule has 5 heteroatoms. The van der Waals surface area contributed by atoms with Crippen LogP contribution in [0.2, 0.25) is 5.02 Å². The van der Waals surface area contributed by atoms with E-state index in [1.807, 2.05) is 18.2 Å². The van der Waals surface area contributed by atoms with E-state index in [1.165, 1.54) is 0 Å². The highest BCUT2D eigenvalue weighted by Gasteiger charge is 2.58. The first-order chi connectivity index (χ1) is 13.2. The number of fused-ring (bicyclic) bond motifs is 1. The number of nitriles is 3. The number of allylic oxidation sites excluding steroid dienone is 2. The molecule has 0 aromatic heterocycles. The summed E-state index contributed by atoms with van der Waals surface area (Å²) in [4.78, 5) is 0. The van der Waals surface area contributed by atoms with Crippen molar-refractivity contribution >= 4 is 17.3 Å². The summed E-state index contributed by atoms with van der Waals surface area (Å²) in [5, 5.41) is 39.1. The van der Waals surface area contributed by atoms with Gasteiger partial charge in [-0.1, -0.05) is 56.6 Å². The van der Waals surface area contributed by atoms with Crippen molar-refractivity contribution < 1.29 is 0 Å². The summed E-state index contributed by atoms with van der Waals surface area (Å²) in [7, 11) is 0. The van der Waals surface area contributed by atoms with Gasteiger partial charge < -0.3 is 5.41 Å². The minimum absolute atomic E-state index is 0.0576. The van der Waals surface area contributed by atoms with Crippen molar-refractivity contribution in [2.24, 2.45) is 28.6 Å². The van der Waals surface area contributed by atoms with E-state index in [-0.39, 0.29) is 17.0 Å². The number of nitrogens with zero attached hydrogens (tertiary/aromatic N) is 3. The fraction of sp³-hybridized carbons (Fsp3) is 0.478. The lowest BCUT2D eigenvalue weighted by atomic mass is 9.51. The smallest absolute Gasteiger partial charge is 0.189 e. The van der Waals surface area contributed by atoms with Gasteiger partial charge in [0.15, 0.2) is 5.41 Å². The highest BCUT2D eigenvalue weighted by molar-refractivity contribution is 6.31. The van der Waals surface area contributed by atoms with E-state index >= 15 is 0 Å². The van der Waals surface area contributed by atoms with Crippen LogP contribution in [-0.4, -0.2) is 5.71 Å². The zero-order chi connectivity index (χ0) is 20.7. The Morgan fingerprint density at radius 2 is 1.79 bits per heavy atom. The summed E-state index contributed by atoms with van der Waals surface area (Å²) >= 11 is 6.50. The molecule has 2 aliphatic rings. The summed E-state index contributed by atoms with van der Waals surface area (Å²) in [6, 6.07) is 13.7. The quantitative estimate of drug-likeness (QED) is 0.629. The van der Waals surface area contributed by atoms with Crippen molar-refractivity contribution in [1.29, 1.82) is 21.2 Å². The van der Waals surface area contributed by atoms with Gasteiger partial charge in [-0.2, -0.15) is 15.8 Å². The first-order valence-electron chi connectivity index (χ1n) is 9.46. The molecule has 1 unspecified atom stereocenters. The van der Waals surface area contributed by atoms with Crippen LogP contribution in [0.25, 0.3) is 0 Å². The Balaban J connectivity index is 2.28. The van der Waals surface area contributed by atoms with E-state index < -0.39 is 17.3 Å². The van der Waals surface area contributed by atoms with E-state index in [2.05, 4.69) is 45.1 Å². The predicted molar refractivity (Wildman–Crippen MR) is 108 cm³/mol. The van der Waals surface area contributed by atoms with Crippen LogP contribution in [0.1, 0.15) is 45.1 Å². The highest BCUT2D eigenvalue weighted by Crippen LogP contribution is 2.58. The molecule has 0 saturated heterocycles. The zero-order valence-electron chi connectivity index (χ0n) is 16.3. The SMILES string of the molecule is CC(C)(C)[C@H]1CC=C2C(C#N)C(=N)C(C#N)(C#N)[C@@H](c3ccccc3Cl)[C@H]2C1. The minimum atomic E-state index is -1.70. The number of hydrogen-bond acceptors (Lipinski definition) is 4. The standard InChI is InChI=1S/C23H23ClN4/c1-22(2,3)14-8-9-15-17(10-14)20(16-6-4-5-7-19(16)24)23(12-26,13-27)21(28)18(15)11-25/h4-7,9,14,17-18,20,28H,8,10H2,1-3H3/t14-,17-,18?,20-/m0/s1. The van der Waals surface area contributed by atoms with Crippen LogP contribution in [0.4, 0.5) is 0 Å². The number of nitrogens with one attached hydrogen (secondary N) is 1. The first kappa shape index (κ1) is 20.1. The molecular weight excluding hydrogens is 368 g/mol.